The van der Waals surface area contributed by atoms with Gasteiger partial charge in [-0.25, -0.2) is 9.37 Å². The van der Waals surface area contributed by atoms with Gasteiger partial charge in [0.25, 0.3) is 0 Å². The molecule has 3 aromatic rings. The number of pyridine rings is 1. The van der Waals surface area contributed by atoms with E-state index in [-0.39, 0.29) is 5.82 Å². The minimum Gasteiger partial charge on any atom is -0.325 e. The third kappa shape index (κ3) is 2.53. The molecule has 0 unspecified atom stereocenters. The third-order valence-electron chi connectivity index (χ3n) is 3.43. The molecule has 0 radical (unpaired) electrons. The largest absolute Gasteiger partial charge is 0.325 e. The minimum absolute atomic E-state index is 0.241. The Balaban J connectivity index is 2.17. The van der Waals surface area contributed by atoms with E-state index >= 15 is 0 Å². The predicted molar refractivity (Wildman–Crippen MR) is 86.9 cm³/mol. The molecular weight excluding hydrogens is 333 g/mol. The number of anilines is 2. The van der Waals surface area contributed by atoms with Crippen LogP contribution in [0.3, 0.4) is 0 Å². The molecule has 0 fully saturated rings. The predicted octanol–water partition coefficient (Wildman–Crippen LogP) is 4.53. The second kappa shape index (κ2) is 5.85. The summed E-state index contributed by atoms with van der Waals surface area (Å²) in [5.74, 6) is 0.612. The Kier molecular flexibility index (Phi) is 3.92. The molecule has 0 aliphatic rings. The van der Waals surface area contributed by atoms with Crippen LogP contribution in [-0.4, -0.2) is 15.9 Å². The van der Waals surface area contributed by atoms with Crippen molar-refractivity contribution in [2.24, 2.45) is 0 Å². The number of halogens is 2. The fourth-order valence-electron chi connectivity index (χ4n) is 2.47. The first-order valence-corrected chi connectivity index (χ1v) is 7.91. The smallest absolute Gasteiger partial charge is 0.156 e. The van der Waals surface area contributed by atoms with Crippen LogP contribution in [0.15, 0.2) is 48.7 Å². The van der Waals surface area contributed by atoms with Crippen LogP contribution in [0.1, 0.15) is 12.6 Å². The zero-order valence-electron chi connectivity index (χ0n) is 11.6. The lowest BCUT2D eigenvalue weighted by molar-refractivity contribution is 0.627. The molecular formula is C16H15BrFN3. The van der Waals surface area contributed by atoms with Gasteiger partial charge in [-0.15, -0.1) is 0 Å². The molecule has 3 nitrogen and oxygen atoms in total. The van der Waals surface area contributed by atoms with Crippen molar-refractivity contribution >= 4 is 33.1 Å². The normalized spacial score (nSPS) is 11.0. The minimum atomic E-state index is -0.241. The Morgan fingerprint density at radius 2 is 2.10 bits per heavy atom. The van der Waals surface area contributed by atoms with Crippen LogP contribution < -0.4 is 4.90 Å². The molecule has 0 bridgehead atoms. The quantitative estimate of drug-likeness (QED) is 0.646. The summed E-state index contributed by atoms with van der Waals surface area (Å²) < 4.78 is 15.6. The number of hydrogen-bond donors (Lipinski definition) is 0. The lowest BCUT2D eigenvalue weighted by atomic mass is 10.2. The molecule has 5 heteroatoms. The Morgan fingerprint density at radius 1 is 1.24 bits per heavy atom. The molecule has 2 heterocycles. The van der Waals surface area contributed by atoms with Crippen LogP contribution in [0, 0.1) is 5.82 Å². The van der Waals surface area contributed by atoms with Gasteiger partial charge in [0.05, 0.1) is 5.69 Å². The molecule has 108 valence electrons. The van der Waals surface area contributed by atoms with Crippen LogP contribution in [0.25, 0.3) is 5.65 Å². The Bertz CT molecular complexity index is 769. The van der Waals surface area contributed by atoms with Gasteiger partial charge in [-0.3, -0.25) is 0 Å². The SMILES string of the molecule is CCN(c1cccc(F)c1)c1nc2ccccn2c1CBr. The lowest BCUT2D eigenvalue weighted by Crippen LogP contribution is -2.18. The maximum atomic E-state index is 13.5. The monoisotopic (exact) mass is 347 g/mol. The van der Waals surface area contributed by atoms with Gasteiger partial charge in [-0.05, 0) is 37.3 Å². The highest BCUT2D eigenvalue weighted by molar-refractivity contribution is 9.08. The summed E-state index contributed by atoms with van der Waals surface area (Å²) in [5.41, 5.74) is 2.75. The molecule has 21 heavy (non-hydrogen) atoms. The summed E-state index contributed by atoms with van der Waals surface area (Å²) in [6.45, 7) is 2.75. The van der Waals surface area contributed by atoms with Crippen LogP contribution in [0.5, 0.6) is 0 Å². The van der Waals surface area contributed by atoms with E-state index in [0.717, 1.165) is 22.8 Å². The third-order valence-corrected chi connectivity index (χ3v) is 3.96. The number of fused-ring (bicyclic) bond motifs is 1. The molecule has 0 saturated heterocycles. The summed E-state index contributed by atoms with van der Waals surface area (Å²) in [4.78, 5) is 6.72. The first-order chi connectivity index (χ1) is 10.2. The zero-order valence-corrected chi connectivity index (χ0v) is 13.2. The van der Waals surface area contributed by atoms with Crippen molar-refractivity contribution in [1.29, 1.82) is 0 Å². The first kappa shape index (κ1) is 14.1. The fourth-order valence-corrected chi connectivity index (χ4v) is 2.99. The number of nitrogens with zero attached hydrogens (tertiary/aromatic N) is 3. The molecule has 0 saturated carbocycles. The number of hydrogen-bond acceptors (Lipinski definition) is 2. The van der Waals surface area contributed by atoms with Crippen LogP contribution in [0.2, 0.25) is 0 Å². The molecule has 2 aromatic heterocycles. The zero-order chi connectivity index (χ0) is 14.8. The molecule has 0 amide bonds. The van der Waals surface area contributed by atoms with E-state index in [9.17, 15) is 4.39 Å². The highest BCUT2D eigenvalue weighted by Gasteiger charge is 2.18. The van der Waals surface area contributed by atoms with Gasteiger partial charge in [0.1, 0.15) is 11.5 Å². The second-order valence-electron chi connectivity index (χ2n) is 4.67. The van der Waals surface area contributed by atoms with E-state index in [2.05, 4.69) is 15.9 Å². The first-order valence-electron chi connectivity index (χ1n) is 6.79. The van der Waals surface area contributed by atoms with Crippen molar-refractivity contribution in [3.63, 3.8) is 0 Å². The number of benzene rings is 1. The highest BCUT2D eigenvalue weighted by atomic mass is 79.9. The number of imidazole rings is 1. The van der Waals surface area contributed by atoms with E-state index in [4.69, 9.17) is 4.98 Å². The van der Waals surface area contributed by atoms with Gasteiger partial charge in [0, 0.05) is 23.8 Å². The van der Waals surface area contributed by atoms with Gasteiger partial charge in [0.15, 0.2) is 5.82 Å². The fraction of sp³-hybridized carbons (Fsp3) is 0.188. The number of aromatic nitrogens is 2. The Hall–Kier alpha value is -1.88. The molecule has 0 spiro atoms. The van der Waals surface area contributed by atoms with Gasteiger partial charge >= 0.3 is 0 Å². The molecule has 0 aliphatic heterocycles. The van der Waals surface area contributed by atoms with E-state index in [1.165, 1.54) is 12.1 Å². The second-order valence-corrected chi connectivity index (χ2v) is 5.23. The molecule has 0 N–H and O–H groups in total. The molecule has 1 aromatic carbocycles. The van der Waals surface area contributed by atoms with E-state index in [1.54, 1.807) is 6.07 Å². The van der Waals surface area contributed by atoms with Crippen molar-refractivity contribution in [2.75, 3.05) is 11.4 Å². The standard InChI is InChI=1S/C16H15BrFN3/c1-2-20(13-7-5-6-12(18)10-13)16-14(11-17)21-9-4-3-8-15(21)19-16/h3-10H,2,11H2,1H3. The maximum absolute atomic E-state index is 13.5. The number of alkyl halides is 1. The number of rotatable bonds is 4. The summed E-state index contributed by atoms with van der Waals surface area (Å²) >= 11 is 3.53. The van der Waals surface area contributed by atoms with Crippen LogP contribution in [0.4, 0.5) is 15.9 Å². The van der Waals surface area contributed by atoms with Crippen LogP contribution in [-0.2, 0) is 5.33 Å². The Labute approximate surface area is 131 Å². The summed E-state index contributed by atoms with van der Waals surface area (Å²) in [5, 5.41) is 0.680. The maximum Gasteiger partial charge on any atom is 0.156 e. The molecule has 0 aliphatic carbocycles. The Morgan fingerprint density at radius 3 is 2.81 bits per heavy atom. The molecule has 3 rings (SSSR count). The van der Waals surface area contributed by atoms with Gasteiger partial charge in [0.2, 0.25) is 0 Å². The van der Waals surface area contributed by atoms with Crippen molar-refractivity contribution < 1.29 is 4.39 Å². The summed E-state index contributed by atoms with van der Waals surface area (Å²) in [7, 11) is 0. The van der Waals surface area contributed by atoms with Gasteiger partial charge in [-0.2, -0.15) is 0 Å². The average molecular weight is 348 g/mol. The van der Waals surface area contributed by atoms with E-state index < -0.39 is 0 Å². The highest BCUT2D eigenvalue weighted by Crippen LogP contribution is 2.30. The molecule has 0 atom stereocenters. The van der Waals surface area contributed by atoms with Crippen molar-refractivity contribution in [2.45, 2.75) is 12.3 Å². The van der Waals surface area contributed by atoms with Crippen molar-refractivity contribution in [3.8, 4) is 0 Å². The van der Waals surface area contributed by atoms with E-state index in [1.807, 2.05) is 46.7 Å². The summed E-state index contributed by atoms with van der Waals surface area (Å²) in [6, 6.07) is 12.5. The topological polar surface area (TPSA) is 20.5 Å². The summed E-state index contributed by atoms with van der Waals surface area (Å²) in [6.07, 6.45) is 1.99. The van der Waals surface area contributed by atoms with E-state index in [0.29, 0.717) is 11.9 Å². The van der Waals surface area contributed by atoms with Crippen molar-refractivity contribution in [3.05, 3.63) is 60.2 Å². The lowest BCUT2D eigenvalue weighted by Gasteiger charge is -2.22. The average Bonchev–Trinajstić information content (AvgIpc) is 2.86. The van der Waals surface area contributed by atoms with Gasteiger partial charge in [-0.1, -0.05) is 28.1 Å². The van der Waals surface area contributed by atoms with Crippen LogP contribution >= 0.6 is 15.9 Å². The van der Waals surface area contributed by atoms with Gasteiger partial charge < -0.3 is 9.30 Å². The van der Waals surface area contributed by atoms with Crippen molar-refractivity contribution in [1.82, 2.24) is 9.38 Å².